The molecule has 0 aliphatic carbocycles. The van der Waals surface area contributed by atoms with E-state index in [-0.39, 0.29) is 11.1 Å². The molecule has 0 radical (unpaired) electrons. The number of aryl methyl sites for hydroxylation is 1. The van der Waals surface area contributed by atoms with E-state index < -0.39 is 24.9 Å². The predicted molar refractivity (Wildman–Crippen MR) is 68.1 cm³/mol. The molecule has 1 unspecified atom stereocenters. The van der Waals surface area contributed by atoms with Crippen molar-refractivity contribution in [2.45, 2.75) is 11.8 Å². The van der Waals surface area contributed by atoms with E-state index in [4.69, 9.17) is 4.52 Å². The zero-order valence-corrected chi connectivity index (χ0v) is 11.6. The largest absolute Gasteiger partial charge is 0.514 e. The minimum atomic E-state index is -3.87. The summed E-state index contributed by atoms with van der Waals surface area (Å²) in [6.07, 6.45) is 1.58. The van der Waals surface area contributed by atoms with Crippen LogP contribution in [0.1, 0.15) is 5.56 Å². The summed E-state index contributed by atoms with van der Waals surface area (Å²) in [5, 5.41) is 0. The van der Waals surface area contributed by atoms with Crippen LogP contribution in [0.2, 0.25) is 0 Å². The van der Waals surface area contributed by atoms with Crippen molar-refractivity contribution in [3.05, 3.63) is 42.5 Å². The number of hydrogen-bond acceptors (Lipinski definition) is 5. The van der Waals surface area contributed by atoms with Gasteiger partial charge in [-0.05, 0) is 29.7 Å². The smallest absolute Gasteiger partial charge is 0.232 e. The van der Waals surface area contributed by atoms with Gasteiger partial charge in [0.15, 0.2) is 6.16 Å². The van der Waals surface area contributed by atoms with E-state index >= 15 is 0 Å². The van der Waals surface area contributed by atoms with Crippen molar-refractivity contribution in [3.8, 4) is 0 Å². The fraction of sp³-hybridized carbons (Fsp3) is 0.273. The lowest BCUT2D eigenvalue weighted by Gasteiger charge is -2.02. The summed E-state index contributed by atoms with van der Waals surface area (Å²) in [6, 6.07) is 6.20. The highest BCUT2D eigenvalue weighted by molar-refractivity contribution is 7.86. The molecule has 0 saturated heterocycles. The molecule has 0 N–H and O–H groups in total. The monoisotopic (exact) mass is 289 g/mol. The third kappa shape index (κ3) is 4.66. The van der Waals surface area contributed by atoms with Crippen LogP contribution in [0.5, 0.6) is 0 Å². The van der Waals surface area contributed by atoms with Crippen molar-refractivity contribution in [3.63, 3.8) is 0 Å². The van der Waals surface area contributed by atoms with E-state index in [0.717, 1.165) is 5.56 Å². The molecule has 0 aliphatic rings. The second-order valence-corrected chi connectivity index (χ2v) is 6.34. The van der Waals surface area contributed by atoms with Crippen LogP contribution in [-0.2, 0) is 23.4 Å². The molecule has 1 rings (SSSR count). The first kappa shape index (κ1) is 15.0. The van der Waals surface area contributed by atoms with Gasteiger partial charge in [-0.15, -0.1) is 4.52 Å². The van der Waals surface area contributed by atoms with Crippen molar-refractivity contribution in [1.82, 2.24) is 0 Å². The predicted octanol–water partition coefficient (Wildman–Crippen LogP) is 2.60. The van der Waals surface area contributed by atoms with Crippen molar-refractivity contribution in [2.24, 2.45) is 0 Å². The van der Waals surface area contributed by atoms with E-state index in [1.807, 2.05) is 6.92 Å². The Morgan fingerprint density at radius 1 is 1.33 bits per heavy atom. The van der Waals surface area contributed by atoms with Gasteiger partial charge in [-0.2, -0.15) is 8.42 Å². The summed E-state index contributed by atoms with van der Waals surface area (Å²) in [6.45, 7) is 4.67. The molecule has 0 heterocycles. The van der Waals surface area contributed by atoms with E-state index in [1.54, 1.807) is 12.1 Å². The third-order valence-electron chi connectivity index (χ3n) is 1.99. The van der Waals surface area contributed by atoms with Crippen molar-refractivity contribution < 1.29 is 21.7 Å². The third-order valence-corrected chi connectivity index (χ3v) is 4.19. The summed E-state index contributed by atoms with van der Waals surface area (Å²) >= 11 is 0. The van der Waals surface area contributed by atoms with E-state index in [9.17, 15) is 13.0 Å². The molecule has 1 aromatic rings. The Balaban J connectivity index is 2.58. The highest BCUT2D eigenvalue weighted by atomic mass is 32.2. The van der Waals surface area contributed by atoms with Gasteiger partial charge in [-0.25, -0.2) is 4.18 Å². The Hall–Kier alpha value is -1.07. The SMILES string of the molecule is C=CC[P+](=O)OCOS(=O)(=O)c1ccc(C)cc1. The first-order valence-electron chi connectivity index (χ1n) is 5.10. The van der Waals surface area contributed by atoms with Gasteiger partial charge in [0.25, 0.3) is 10.1 Å². The van der Waals surface area contributed by atoms with Gasteiger partial charge in [-0.1, -0.05) is 24.3 Å². The van der Waals surface area contributed by atoms with E-state index in [1.165, 1.54) is 18.2 Å². The van der Waals surface area contributed by atoms with Crippen LogP contribution in [0.3, 0.4) is 0 Å². The molecule has 0 spiro atoms. The number of rotatable bonds is 7. The van der Waals surface area contributed by atoms with Crippen molar-refractivity contribution in [2.75, 3.05) is 13.0 Å². The topological polar surface area (TPSA) is 69.7 Å². The van der Waals surface area contributed by atoms with Crippen molar-refractivity contribution in [1.29, 1.82) is 0 Å². The molecule has 1 aromatic carbocycles. The van der Waals surface area contributed by atoms with Crippen LogP contribution in [0, 0.1) is 6.92 Å². The lowest BCUT2D eigenvalue weighted by molar-refractivity contribution is 0.135. The summed E-state index contributed by atoms with van der Waals surface area (Å²) in [4.78, 5) is 0.0376. The number of allylic oxidation sites excluding steroid dienone is 1. The average molecular weight is 289 g/mol. The molecule has 0 amide bonds. The summed E-state index contributed by atoms with van der Waals surface area (Å²) in [7, 11) is -5.83. The standard InChI is InChI=1S/C11H14O5PS/c1-3-8-17(12)15-9-16-18(13,14)11-6-4-10(2)5-7-11/h3-7H,1,8-9H2,2H3/q+1. The molecule has 1 atom stereocenters. The molecular weight excluding hydrogens is 275 g/mol. The Bertz CT molecular complexity index is 521. The highest BCUT2D eigenvalue weighted by Crippen LogP contribution is 2.22. The lowest BCUT2D eigenvalue weighted by Crippen LogP contribution is -2.08. The number of hydrogen-bond donors (Lipinski definition) is 0. The van der Waals surface area contributed by atoms with E-state index in [0.29, 0.717) is 0 Å². The lowest BCUT2D eigenvalue weighted by atomic mass is 10.2. The molecule has 0 aromatic heterocycles. The van der Waals surface area contributed by atoms with Crippen LogP contribution in [-0.4, -0.2) is 21.4 Å². The molecule has 98 valence electrons. The summed E-state index contributed by atoms with van der Waals surface area (Å²) in [5.41, 5.74) is 0.944. The van der Waals surface area contributed by atoms with Gasteiger partial charge in [0, 0.05) is 0 Å². The van der Waals surface area contributed by atoms with Crippen LogP contribution in [0.15, 0.2) is 41.8 Å². The quantitative estimate of drug-likeness (QED) is 0.334. The summed E-state index contributed by atoms with van der Waals surface area (Å²) < 4.78 is 43.7. The van der Waals surface area contributed by atoms with Gasteiger partial charge in [0.1, 0.15) is 0 Å². The number of benzene rings is 1. The Kier molecular flexibility index (Phi) is 5.62. The molecule has 7 heteroatoms. The fourth-order valence-corrected chi connectivity index (χ4v) is 2.41. The molecule has 0 fully saturated rings. The second kappa shape index (κ2) is 6.75. The maximum atomic E-state index is 11.7. The van der Waals surface area contributed by atoms with Gasteiger partial charge < -0.3 is 0 Å². The first-order chi connectivity index (χ1) is 8.45. The minimum Gasteiger partial charge on any atom is -0.232 e. The van der Waals surface area contributed by atoms with Crippen LogP contribution in [0.25, 0.3) is 0 Å². The van der Waals surface area contributed by atoms with Crippen LogP contribution >= 0.6 is 8.03 Å². The van der Waals surface area contributed by atoms with Crippen LogP contribution < -0.4 is 0 Å². The molecule has 5 nitrogen and oxygen atoms in total. The Labute approximate surface area is 107 Å². The van der Waals surface area contributed by atoms with Crippen molar-refractivity contribution >= 4 is 18.1 Å². The Morgan fingerprint density at radius 2 is 1.94 bits per heavy atom. The second-order valence-electron chi connectivity index (χ2n) is 3.44. The maximum absolute atomic E-state index is 11.7. The average Bonchev–Trinajstić information content (AvgIpc) is 2.29. The highest BCUT2D eigenvalue weighted by Gasteiger charge is 2.19. The van der Waals surface area contributed by atoms with Gasteiger partial charge in [0.2, 0.25) is 6.79 Å². The fourth-order valence-electron chi connectivity index (χ4n) is 1.07. The van der Waals surface area contributed by atoms with Crippen LogP contribution in [0.4, 0.5) is 0 Å². The molecule has 0 aliphatic heterocycles. The van der Waals surface area contributed by atoms with Gasteiger partial charge in [-0.3, -0.25) is 0 Å². The zero-order chi connectivity index (χ0) is 13.6. The summed E-state index contributed by atoms with van der Waals surface area (Å²) in [5.74, 6) is 0. The van der Waals surface area contributed by atoms with Gasteiger partial charge >= 0.3 is 8.03 Å². The molecule has 0 bridgehead atoms. The van der Waals surface area contributed by atoms with Gasteiger partial charge in [0.05, 0.1) is 4.90 Å². The maximum Gasteiger partial charge on any atom is 0.514 e. The Morgan fingerprint density at radius 3 is 2.50 bits per heavy atom. The molecule has 0 saturated carbocycles. The zero-order valence-electron chi connectivity index (χ0n) is 9.90. The minimum absolute atomic E-state index is 0.0376. The first-order valence-corrected chi connectivity index (χ1v) is 7.87. The normalized spacial score (nSPS) is 12.2. The molecular formula is C11H14O5PS+. The molecule has 18 heavy (non-hydrogen) atoms. The van der Waals surface area contributed by atoms with E-state index in [2.05, 4.69) is 10.8 Å².